The van der Waals surface area contributed by atoms with Crippen molar-refractivity contribution in [2.24, 2.45) is 0 Å². The molecule has 24 heavy (non-hydrogen) atoms. The van der Waals surface area contributed by atoms with E-state index in [-0.39, 0.29) is 11.9 Å². The van der Waals surface area contributed by atoms with E-state index in [1.807, 2.05) is 0 Å². The number of fused-ring (bicyclic) bond motifs is 1. The fourth-order valence-electron chi connectivity index (χ4n) is 3.66. The first kappa shape index (κ1) is 17.3. The van der Waals surface area contributed by atoms with Crippen LogP contribution in [0.1, 0.15) is 51.9 Å². The molecule has 0 aliphatic carbocycles. The van der Waals surface area contributed by atoms with Crippen molar-refractivity contribution in [1.29, 1.82) is 0 Å². The van der Waals surface area contributed by atoms with E-state index in [1.54, 1.807) is 0 Å². The van der Waals surface area contributed by atoms with Gasteiger partial charge in [0.15, 0.2) is 5.65 Å². The van der Waals surface area contributed by atoms with Crippen LogP contribution < -0.4 is 5.32 Å². The molecule has 1 unspecified atom stereocenters. The SMILES string of the molecule is CCC[C@H](c1nc2cc(F)cnc2n1CC)N1CCNC(C)CC1. The summed E-state index contributed by atoms with van der Waals surface area (Å²) in [6.45, 7) is 10.4. The predicted molar refractivity (Wildman–Crippen MR) is 94.5 cm³/mol. The Bertz CT molecular complexity index is 683. The van der Waals surface area contributed by atoms with Gasteiger partial charge in [0.25, 0.3) is 0 Å². The van der Waals surface area contributed by atoms with E-state index in [4.69, 9.17) is 4.98 Å². The van der Waals surface area contributed by atoms with Gasteiger partial charge >= 0.3 is 0 Å². The molecule has 0 spiro atoms. The topological polar surface area (TPSA) is 46.0 Å². The molecule has 2 atom stereocenters. The zero-order chi connectivity index (χ0) is 17.1. The zero-order valence-electron chi connectivity index (χ0n) is 14.9. The maximum absolute atomic E-state index is 13.6. The average Bonchev–Trinajstić information content (AvgIpc) is 2.78. The Kier molecular flexibility index (Phi) is 5.46. The van der Waals surface area contributed by atoms with Crippen LogP contribution in [0.25, 0.3) is 11.2 Å². The third-order valence-corrected chi connectivity index (χ3v) is 4.94. The highest BCUT2D eigenvalue weighted by Crippen LogP contribution is 2.29. The number of nitrogens with one attached hydrogen (secondary N) is 1. The summed E-state index contributed by atoms with van der Waals surface area (Å²) < 4.78 is 15.7. The molecule has 2 aromatic rings. The van der Waals surface area contributed by atoms with Gasteiger partial charge in [0.05, 0.1) is 12.2 Å². The van der Waals surface area contributed by atoms with Crippen molar-refractivity contribution in [2.75, 3.05) is 19.6 Å². The summed E-state index contributed by atoms with van der Waals surface area (Å²) >= 11 is 0. The first-order chi connectivity index (χ1) is 11.6. The molecule has 0 bridgehead atoms. The minimum atomic E-state index is -0.324. The third-order valence-electron chi connectivity index (χ3n) is 4.94. The van der Waals surface area contributed by atoms with E-state index >= 15 is 0 Å². The summed E-state index contributed by atoms with van der Waals surface area (Å²) in [5.41, 5.74) is 1.45. The van der Waals surface area contributed by atoms with E-state index in [2.05, 4.69) is 40.5 Å². The van der Waals surface area contributed by atoms with Crippen LogP contribution in [0.5, 0.6) is 0 Å². The lowest BCUT2D eigenvalue weighted by Gasteiger charge is -2.30. The van der Waals surface area contributed by atoms with Crippen LogP contribution in [0.15, 0.2) is 12.3 Å². The first-order valence-corrected chi connectivity index (χ1v) is 9.13. The maximum atomic E-state index is 13.6. The Morgan fingerprint density at radius 1 is 1.38 bits per heavy atom. The Labute approximate surface area is 143 Å². The molecule has 0 aromatic carbocycles. The molecule has 1 saturated heterocycles. The fraction of sp³-hybridized carbons (Fsp3) is 0.667. The molecule has 6 heteroatoms. The second kappa shape index (κ2) is 7.57. The van der Waals surface area contributed by atoms with Crippen molar-refractivity contribution in [3.05, 3.63) is 23.9 Å². The highest BCUT2D eigenvalue weighted by molar-refractivity contribution is 5.71. The molecule has 1 aliphatic rings. The summed E-state index contributed by atoms with van der Waals surface area (Å²) in [7, 11) is 0. The highest BCUT2D eigenvalue weighted by Gasteiger charge is 2.27. The van der Waals surface area contributed by atoms with Crippen LogP contribution in [-0.2, 0) is 6.54 Å². The van der Waals surface area contributed by atoms with Crippen LogP contribution in [-0.4, -0.2) is 45.1 Å². The molecule has 1 fully saturated rings. The van der Waals surface area contributed by atoms with Crippen LogP contribution in [0.4, 0.5) is 4.39 Å². The minimum absolute atomic E-state index is 0.263. The molecule has 5 nitrogen and oxygen atoms in total. The van der Waals surface area contributed by atoms with Crippen molar-refractivity contribution < 1.29 is 4.39 Å². The maximum Gasteiger partial charge on any atom is 0.160 e. The van der Waals surface area contributed by atoms with Gasteiger partial charge in [-0.05, 0) is 26.7 Å². The Balaban J connectivity index is 1.99. The second-order valence-electron chi connectivity index (χ2n) is 6.69. The summed E-state index contributed by atoms with van der Waals surface area (Å²) in [5, 5.41) is 3.55. The van der Waals surface area contributed by atoms with Gasteiger partial charge in [-0.25, -0.2) is 14.4 Å². The van der Waals surface area contributed by atoms with E-state index < -0.39 is 0 Å². The van der Waals surface area contributed by atoms with Crippen LogP contribution in [0, 0.1) is 5.82 Å². The summed E-state index contributed by atoms with van der Waals surface area (Å²) in [5.74, 6) is 0.705. The number of hydrogen-bond acceptors (Lipinski definition) is 4. The van der Waals surface area contributed by atoms with Gasteiger partial charge in [-0.2, -0.15) is 0 Å². The van der Waals surface area contributed by atoms with Gasteiger partial charge in [-0.15, -0.1) is 0 Å². The minimum Gasteiger partial charge on any atom is -0.313 e. The van der Waals surface area contributed by atoms with E-state index in [0.717, 1.165) is 56.9 Å². The molecular weight excluding hydrogens is 305 g/mol. The standard InChI is InChI=1S/C18H28FN5/c1-4-6-16(23-9-7-13(3)20-8-10-23)18-22-15-11-14(19)12-21-17(15)24(18)5-2/h11-13,16,20H,4-10H2,1-3H3/t13?,16-/m1/s1. The van der Waals surface area contributed by atoms with Gasteiger partial charge < -0.3 is 9.88 Å². The van der Waals surface area contributed by atoms with Crippen molar-refractivity contribution >= 4 is 11.2 Å². The Hall–Kier alpha value is -1.53. The monoisotopic (exact) mass is 333 g/mol. The summed E-state index contributed by atoms with van der Waals surface area (Å²) in [6.07, 6.45) is 4.57. The van der Waals surface area contributed by atoms with Gasteiger partial charge in [-0.3, -0.25) is 4.90 Å². The van der Waals surface area contributed by atoms with E-state index in [1.165, 1.54) is 12.3 Å². The smallest absolute Gasteiger partial charge is 0.160 e. The van der Waals surface area contributed by atoms with Crippen molar-refractivity contribution in [2.45, 2.75) is 58.7 Å². The number of nitrogens with zero attached hydrogens (tertiary/aromatic N) is 4. The van der Waals surface area contributed by atoms with E-state index in [9.17, 15) is 4.39 Å². The number of rotatable bonds is 5. The molecule has 2 aromatic heterocycles. The molecular formula is C18H28FN5. The molecule has 0 amide bonds. The van der Waals surface area contributed by atoms with Crippen molar-refractivity contribution in [3.8, 4) is 0 Å². The van der Waals surface area contributed by atoms with Crippen LogP contribution >= 0.6 is 0 Å². The van der Waals surface area contributed by atoms with Crippen molar-refractivity contribution in [3.63, 3.8) is 0 Å². The first-order valence-electron chi connectivity index (χ1n) is 9.13. The third kappa shape index (κ3) is 3.44. The second-order valence-corrected chi connectivity index (χ2v) is 6.69. The normalized spacial score (nSPS) is 21.1. The van der Waals surface area contributed by atoms with Crippen LogP contribution in [0.2, 0.25) is 0 Å². The Morgan fingerprint density at radius 3 is 2.96 bits per heavy atom. The molecule has 3 heterocycles. The number of hydrogen-bond donors (Lipinski definition) is 1. The number of aryl methyl sites for hydroxylation is 1. The molecule has 0 saturated carbocycles. The quantitative estimate of drug-likeness (QED) is 0.913. The molecule has 132 valence electrons. The van der Waals surface area contributed by atoms with Gasteiger partial charge in [-0.1, -0.05) is 13.3 Å². The fourth-order valence-corrected chi connectivity index (χ4v) is 3.66. The molecule has 0 radical (unpaired) electrons. The highest BCUT2D eigenvalue weighted by atomic mass is 19.1. The predicted octanol–water partition coefficient (Wildman–Crippen LogP) is 3.12. The number of pyridine rings is 1. The van der Waals surface area contributed by atoms with E-state index in [0.29, 0.717) is 11.6 Å². The van der Waals surface area contributed by atoms with Gasteiger partial charge in [0.1, 0.15) is 17.2 Å². The summed E-state index contributed by atoms with van der Waals surface area (Å²) in [4.78, 5) is 11.6. The number of halogens is 1. The largest absolute Gasteiger partial charge is 0.313 e. The van der Waals surface area contributed by atoms with Crippen molar-refractivity contribution in [1.82, 2.24) is 24.8 Å². The zero-order valence-corrected chi connectivity index (χ0v) is 14.9. The van der Waals surface area contributed by atoms with Gasteiger partial charge in [0, 0.05) is 38.3 Å². The number of aromatic nitrogens is 3. The lowest BCUT2D eigenvalue weighted by molar-refractivity contribution is 0.186. The molecule has 1 aliphatic heterocycles. The average molecular weight is 333 g/mol. The van der Waals surface area contributed by atoms with Crippen LogP contribution in [0.3, 0.4) is 0 Å². The summed E-state index contributed by atoms with van der Waals surface area (Å²) in [6, 6.07) is 2.31. The number of imidazole rings is 1. The lowest BCUT2D eigenvalue weighted by Crippen LogP contribution is -2.34. The van der Waals surface area contributed by atoms with Gasteiger partial charge in [0.2, 0.25) is 0 Å². The molecule has 3 rings (SSSR count). The lowest BCUT2D eigenvalue weighted by atomic mass is 10.1. The Morgan fingerprint density at radius 2 is 2.21 bits per heavy atom. The molecule has 1 N–H and O–H groups in total.